The molecule has 5 nitrogen and oxygen atoms in total. The van der Waals surface area contributed by atoms with Crippen molar-refractivity contribution in [2.24, 2.45) is 0 Å². The summed E-state index contributed by atoms with van der Waals surface area (Å²) in [5, 5.41) is 7.89. The summed E-state index contributed by atoms with van der Waals surface area (Å²) >= 11 is 0. The molecule has 0 heterocycles. The fourth-order valence-electron chi connectivity index (χ4n) is 4.54. The van der Waals surface area contributed by atoms with Crippen molar-refractivity contribution in [3.05, 3.63) is 96.6 Å². The highest BCUT2D eigenvalue weighted by Crippen LogP contribution is 2.39. The van der Waals surface area contributed by atoms with E-state index in [0.717, 1.165) is 28.8 Å². The summed E-state index contributed by atoms with van der Waals surface area (Å²) in [6, 6.07) is 29.8. The number of hydrogen-bond donors (Lipinski definition) is 3. The van der Waals surface area contributed by atoms with E-state index in [1.54, 1.807) is 0 Å². The van der Waals surface area contributed by atoms with Gasteiger partial charge in [-0.2, -0.15) is 0 Å². The Morgan fingerprint density at radius 3 is 2.03 bits per heavy atom. The van der Waals surface area contributed by atoms with Gasteiger partial charge in [-0.25, -0.2) is 4.79 Å². The van der Waals surface area contributed by atoms with E-state index in [2.05, 4.69) is 67.5 Å². The quantitative estimate of drug-likeness (QED) is 0.183. The van der Waals surface area contributed by atoms with Crippen molar-refractivity contribution in [1.29, 1.82) is 0 Å². The van der Waals surface area contributed by atoms with Crippen molar-refractivity contribution in [2.45, 2.75) is 57.7 Å². The first-order chi connectivity index (χ1) is 18.4. The second-order valence-electron chi connectivity index (χ2n) is 10.1. The van der Waals surface area contributed by atoms with E-state index in [9.17, 15) is 9.59 Å². The number of ether oxygens (including phenoxy) is 1. The fraction of sp³-hybridized carbons (Fsp3) is 0.344. The van der Waals surface area contributed by atoms with Gasteiger partial charge in [0.25, 0.3) is 8.32 Å². The molecule has 1 unspecified atom stereocenters. The topological polar surface area (TPSA) is 70.6 Å². The highest BCUT2D eigenvalue weighted by Gasteiger charge is 2.49. The van der Waals surface area contributed by atoms with E-state index in [-0.39, 0.29) is 17.7 Å². The lowest BCUT2D eigenvalue weighted by atomic mass is 10.1. The summed E-state index contributed by atoms with van der Waals surface area (Å²) in [5.41, 5.74) is 0.957. The van der Waals surface area contributed by atoms with Crippen molar-refractivity contribution in [3.8, 4) is 11.8 Å². The van der Waals surface area contributed by atoms with Crippen LogP contribution in [0.2, 0.25) is 5.04 Å². The number of carbonyl (C=O) groups excluding carboxylic acids is 1. The molecule has 1 atom stereocenters. The molecule has 0 saturated carbocycles. The molecule has 3 rings (SSSR count). The highest BCUT2D eigenvalue weighted by atomic mass is 28.4. The van der Waals surface area contributed by atoms with Crippen LogP contribution in [-0.4, -0.2) is 38.3 Å². The van der Waals surface area contributed by atoms with Gasteiger partial charge in [0.2, 0.25) is 0 Å². The van der Waals surface area contributed by atoms with Crippen LogP contribution in [-0.2, 0) is 11.3 Å². The van der Waals surface area contributed by atoms with Crippen molar-refractivity contribution in [2.75, 3.05) is 13.1 Å². The Kier molecular flexibility index (Phi) is 11.2. The largest absolute Gasteiger partial charge is 0.445 e. The van der Waals surface area contributed by atoms with E-state index < -0.39 is 14.4 Å². The maximum Gasteiger partial charge on any atom is 0.407 e. The Hall–Kier alpha value is -3.37. The Bertz CT molecular complexity index is 1140. The second-order valence-corrected chi connectivity index (χ2v) is 14.0. The molecule has 0 aliphatic rings. The average molecular weight is 529 g/mol. The van der Waals surface area contributed by atoms with Crippen LogP contribution in [0.3, 0.4) is 0 Å². The molecule has 0 spiro atoms. The number of hydrogen-bond acceptors (Lipinski definition) is 4. The van der Waals surface area contributed by atoms with Gasteiger partial charge in [0, 0.05) is 19.5 Å². The molecule has 0 radical (unpaired) electrons. The van der Waals surface area contributed by atoms with Crippen molar-refractivity contribution in [1.82, 2.24) is 10.6 Å². The molecule has 6 heteroatoms. The molecule has 0 aromatic heterocycles. The summed E-state index contributed by atoms with van der Waals surface area (Å²) < 4.78 is 5.24. The molecule has 3 aromatic rings. The minimum Gasteiger partial charge on any atom is -0.445 e. The number of alkyl carbamates (subject to hydrolysis) is 1. The first-order valence-corrected chi connectivity index (χ1v) is 15.3. The van der Waals surface area contributed by atoms with Gasteiger partial charge in [-0.1, -0.05) is 118 Å². The van der Waals surface area contributed by atoms with Crippen molar-refractivity contribution < 1.29 is 14.3 Å². The van der Waals surface area contributed by atoms with Gasteiger partial charge >= 0.3 is 6.09 Å². The van der Waals surface area contributed by atoms with Gasteiger partial charge < -0.3 is 20.2 Å². The maximum atomic E-state index is 12.3. The van der Waals surface area contributed by atoms with Crippen LogP contribution >= 0.6 is 0 Å². The standard InChI is InChI=1S/C32H40N2O3Si/c1-4-28(33-24-25-34-31(35)37-26-27-16-8-5-9-17-27)18-14-15-23-32(2,3)38(36,29-19-10-6-11-20-29)30-21-12-7-13-22-30/h5-13,16-17,19-22,28,33,36H,4,15,23-26H2,1-3H3,(H,34,35). The van der Waals surface area contributed by atoms with Gasteiger partial charge in [-0.05, 0) is 33.8 Å². The molecule has 0 fully saturated rings. The van der Waals surface area contributed by atoms with E-state index >= 15 is 0 Å². The second kappa shape index (κ2) is 14.5. The van der Waals surface area contributed by atoms with Gasteiger partial charge in [-0.15, -0.1) is 5.92 Å². The average Bonchev–Trinajstić information content (AvgIpc) is 2.96. The Morgan fingerprint density at radius 2 is 1.47 bits per heavy atom. The molecule has 3 N–H and O–H groups in total. The molecule has 0 saturated heterocycles. The predicted octanol–water partition coefficient (Wildman–Crippen LogP) is 4.60. The van der Waals surface area contributed by atoms with Crippen molar-refractivity contribution >= 4 is 24.8 Å². The summed E-state index contributed by atoms with van der Waals surface area (Å²) in [6.45, 7) is 7.75. The summed E-state index contributed by atoms with van der Waals surface area (Å²) in [7, 11) is -3.02. The van der Waals surface area contributed by atoms with Crippen LogP contribution in [0.4, 0.5) is 4.79 Å². The lowest BCUT2D eigenvalue weighted by Gasteiger charge is -2.41. The molecular formula is C32H40N2O3Si. The molecule has 0 aliphatic carbocycles. The Morgan fingerprint density at radius 1 is 0.921 bits per heavy atom. The number of benzene rings is 3. The maximum absolute atomic E-state index is 12.3. The minimum absolute atomic E-state index is 0.0413. The molecule has 3 aromatic carbocycles. The summed E-state index contributed by atoms with van der Waals surface area (Å²) in [4.78, 5) is 24.2. The zero-order valence-corrected chi connectivity index (χ0v) is 23.7. The van der Waals surface area contributed by atoms with E-state index in [4.69, 9.17) is 4.74 Å². The smallest absolute Gasteiger partial charge is 0.407 e. The number of nitrogens with one attached hydrogen (secondary N) is 2. The minimum atomic E-state index is -3.02. The van der Waals surface area contributed by atoms with Crippen LogP contribution in [0.5, 0.6) is 0 Å². The Labute approximate surface area is 228 Å². The van der Waals surface area contributed by atoms with Crippen LogP contribution in [0.25, 0.3) is 0 Å². The van der Waals surface area contributed by atoms with Crippen LogP contribution in [0, 0.1) is 11.8 Å². The fourth-order valence-corrected chi connectivity index (χ4v) is 8.27. The molecular weight excluding hydrogens is 488 g/mol. The van der Waals surface area contributed by atoms with Gasteiger partial charge in [0.05, 0.1) is 6.04 Å². The monoisotopic (exact) mass is 528 g/mol. The zero-order chi connectivity index (χ0) is 27.3. The van der Waals surface area contributed by atoms with Crippen LogP contribution < -0.4 is 21.0 Å². The summed E-state index contributed by atoms with van der Waals surface area (Å²) in [5.74, 6) is 6.68. The normalized spacial score (nSPS) is 12.2. The van der Waals surface area contributed by atoms with Gasteiger partial charge in [0.15, 0.2) is 0 Å². The number of rotatable bonds is 12. The molecule has 200 valence electrons. The first-order valence-electron chi connectivity index (χ1n) is 13.4. The van der Waals surface area contributed by atoms with Crippen LogP contribution in [0.15, 0.2) is 91.0 Å². The molecule has 0 bridgehead atoms. The Balaban J connectivity index is 1.49. The molecule has 1 amide bonds. The first kappa shape index (κ1) is 29.2. The lowest BCUT2D eigenvalue weighted by molar-refractivity contribution is 0.139. The third kappa shape index (κ3) is 8.06. The third-order valence-corrected chi connectivity index (χ3v) is 11.5. The SMILES string of the molecule is CCC(C#CCCC(C)(C)[Si](O)(c1ccccc1)c1ccccc1)NCCNC(=O)OCc1ccccc1. The van der Waals surface area contributed by atoms with Gasteiger partial charge in [-0.3, -0.25) is 0 Å². The van der Waals surface area contributed by atoms with Gasteiger partial charge in [0.1, 0.15) is 6.61 Å². The zero-order valence-electron chi connectivity index (χ0n) is 22.7. The van der Waals surface area contributed by atoms with Crippen molar-refractivity contribution in [3.63, 3.8) is 0 Å². The highest BCUT2D eigenvalue weighted by molar-refractivity contribution is 6.98. The third-order valence-electron chi connectivity index (χ3n) is 6.92. The number of carbonyl (C=O) groups is 1. The van der Waals surface area contributed by atoms with Crippen LogP contribution in [0.1, 0.15) is 45.6 Å². The number of amides is 1. The van der Waals surface area contributed by atoms with E-state index in [1.807, 2.05) is 66.7 Å². The lowest BCUT2D eigenvalue weighted by Crippen LogP contribution is -2.65. The predicted molar refractivity (Wildman–Crippen MR) is 158 cm³/mol. The summed E-state index contributed by atoms with van der Waals surface area (Å²) in [6.07, 6.45) is 1.93. The molecule has 0 aliphatic heterocycles. The van der Waals surface area contributed by atoms with E-state index in [0.29, 0.717) is 19.5 Å². The molecule has 38 heavy (non-hydrogen) atoms. The van der Waals surface area contributed by atoms with E-state index in [1.165, 1.54) is 0 Å².